The molecule has 3 heterocycles. The summed E-state index contributed by atoms with van der Waals surface area (Å²) in [7, 11) is 3.11. The number of anilines is 1. The zero-order valence-electron chi connectivity index (χ0n) is 13.0. The fourth-order valence-electron chi connectivity index (χ4n) is 2.16. The number of aromatic amines is 3. The molecule has 0 aliphatic rings. The van der Waals surface area contributed by atoms with Gasteiger partial charge in [0.25, 0.3) is 5.56 Å². The van der Waals surface area contributed by atoms with Crippen molar-refractivity contribution in [2.24, 2.45) is 0 Å². The summed E-state index contributed by atoms with van der Waals surface area (Å²) in [5, 5.41) is 3.07. The first-order valence-electron chi connectivity index (χ1n) is 7.09. The van der Waals surface area contributed by atoms with E-state index in [0.717, 1.165) is 0 Å². The van der Waals surface area contributed by atoms with Crippen LogP contribution in [0.15, 0.2) is 27.9 Å². The van der Waals surface area contributed by atoms with E-state index in [2.05, 4.69) is 30.2 Å². The molecule has 0 aromatic carbocycles. The van der Waals surface area contributed by atoms with E-state index in [4.69, 9.17) is 9.47 Å². The molecule has 0 aliphatic carbocycles. The Morgan fingerprint density at radius 2 is 1.96 bits per heavy atom. The Balaban J connectivity index is 1.82. The number of H-pyrrole nitrogens is 3. The monoisotopic (exact) mass is 332 g/mol. The quantitative estimate of drug-likeness (QED) is 0.467. The normalized spacial score (nSPS) is 11.3. The molecule has 0 aliphatic heterocycles. The molecule has 3 rings (SSSR count). The topological polar surface area (TPSA) is 138 Å². The molecular weight excluding hydrogens is 316 g/mol. The summed E-state index contributed by atoms with van der Waals surface area (Å²) < 4.78 is 10.2. The maximum atomic E-state index is 11.7. The van der Waals surface area contributed by atoms with Gasteiger partial charge in [0.2, 0.25) is 0 Å². The molecule has 24 heavy (non-hydrogen) atoms. The van der Waals surface area contributed by atoms with E-state index in [-0.39, 0.29) is 17.5 Å². The Hall–Kier alpha value is -2.98. The van der Waals surface area contributed by atoms with E-state index in [0.29, 0.717) is 23.8 Å². The molecule has 3 aromatic heterocycles. The van der Waals surface area contributed by atoms with Crippen molar-refractivity contribution in [3.05, 3.63) is 39.2 Å². The van der Waals surface area contributed by atoms with Crippen LogP contribution in [0.4, 0.5) is 5.82 Å². The number of aromatic nitrogens is 5. The highest BCUT2D eigenvalue weighted by atomic mass is 16.7. The molecule has 0 spiro atoms. The lowest BCUT2D eigenvalue weighted by Crippen LogP contribution is -2.23. The van der Waals surface area contributed by atoms with Gasteiger partial charge in [0.1, 0.15) is 17.2 Å². The number of hydrogen-bond donors (Lipinski definition) is 4. The molecule has 126 valence electrons. The van der Waals surface area contributed by atoms with Gasteiger partial charge in [-0.15, -0.1) is 0 Å². The molecule has 0 saturated heterocycles. The van der Waals surface area contributed by atoms with Crippen LogP contribution in [-0.2, 0) is 9.47 Å². The zero-order valence-corrected chi connectivity index (χ0v) is 13.0. The van der Waals surface area contributed by atoms with Crippen LogP contribution in [0, 0.1) is 0 Å². The highest BCUT2D eigenvalue weighted by Gasteiger charge is 2.10. The minimum Gasteiger partial charge on any atom is -0.365 e. The number of methoxy groups -OCH3 is 2. The summed E-state index contributed by atoms with van der Waals surface area (Å²) in [5.41, 5.74) is -0.0520. The molecular formula is C14H16N6O4. The van der Waals surface area contributed by atoms with Crippen LogP contribution in [0.5, 0.6) is 0 Å². The molecule has 10 nitrogen and oxygen atoms in total. The summed E-state index contributed by atoms with van der Waals surface area (Å²) in [6.45, 7) is 0.445. The van der Waals surface area contributed by atoms with E-state index < -0.39 is 11.2 Å². The van der Waals surface area contributed by atoms with Gasteiger partial charge in [-0.2, -0.15) is 0 Å². The lowest BCUT2D eigenvalue weighted by molar-refractivity contribution is -0.0914. The second kappa shape index (κ2) is 6.64. The number of rotatable bonds is 6. The number of ether oxygens (including phenoxy) is 2. The summed E-state index contributed by atoms with van der Waals surface area (Å²) in [6.07, 6.45) is 1.23. The predicted octanol–water partition coefficient (Wildman–Crippen LogP) is 0.0323. The number of fused-ring (bicyclic) bond motifs is 1. The Morgan fingerprint density at radius 1 is 1.17 bits per heavy atom. The first-order valence-corrected chi connectivity index (χ1v) is 7.09. The Bertz CT molecular complexity index is 938. The van der Waals surface area contributed by atoms with Gasteiger partial charge in [0.05, 0.1) is 6.54 Å². The van der Waals surface area contributed by atoms with Crippen LogP contribution in [0.2, 0.25) is 0 Å². The van der Waals surface area contributed by atoms with E-state index >= 15 is 0 Å². The number of nitrogens with zero attached hydrogens (tertiary/aromatic N) is 2. The standard InChI is InChI=1S/C14H16N6O4/c1-23-9(24-2)6-16-8-4-3-7(5-15-8)11-17-10-12(18-11)19-14(22)20-13(10)21/h3-5,9H,6H2,1-2H3,(H,15,16)(H3,17,18,19,20,21,22). The third-order valence-corrected chi connectivity index (χ3v) is 3.40. The maximum absolute atomic E-state index is 11.7. The molecule has 10 heteroatoms. The molecule has 0 saturated carbocycles. The van der Waals surface area contributed by atoms with Gasteiger partial charge in [-0.25, -0.2) is 14.8 Å². The summed E-state index contributed by atoms with van der Waals surface area (Å²) in [4.78, 5) is 38.9. The fourth-order valence-corrected chi connectivity index (χ4v) is 2.16. The molecule has 0 fully saturated rings. The minimum absolute atomic E-state index is 0.198. The van der Waals surface area contributed by atoms with Gasteiger partial charge in [0, 0.05) is 26.0 Å². The van der Waals surface area contributed by atoms with E-state index in [1.807, 2.05) is 0 Å². The molecule has 0 bridgehead atoms. The fraction of sp³-hybridized carbons (Fsp3) is 0.286. The predicted molar refractivity (Wildman–Crippen MR) is 86.9 cm³/mol. The van der Waals surface area contributed by atoms with Crippen LogP contribution in [0.1, 0.15) is 0 Å². The Labute approximate surface area is 135 Å². The third-order valence-electron chi connectivity index (χ3n) is 3.40. The van der Waals surface area contributed by atoms with Gasteiger partial charge in [-0.05, 0) is 12.1 Å². The van der Waals surface area contributed by atoms with Gasteiger partial charge >= 0.3 is 5.69 Å². The lowest BCUT2D eigenvalue weighted by Gasteiger charge is -2.14. The van der Waals surface area contributed by atoms with E-state index in [1.54, 1.807) is 32.5 Å². The highest BCUT2D eigenvalue weighted by Crippen LogP contribution is 2.17. The molecule has 0 unspecified atom stereocenters. The zero-order chi connectivity index (χ0) is 17.1. The second-order valence-corrected chi connectivity index (χ2v) is 4.93. The van der Waals surface area contributed by atoms with Crippen molar-refractivity contribution in [1.82, 2.24) is 24.9 Å². The summed E-state index contributed by atoms with van der Waals surface area (Å²) >= 11 is 0. The van der Waals surface area contributed by atoms with Crippen LogP contribution in [-0.4, -0.2) is 52.0 Å². The average Bonchev–Trinajstić information content (AvgIpc) is 3.00. The molecule has 3 aromatic rings. The average molecular weight is 332 g/mol. The van der Waals surface area contributed by atoms with Crippen molar-refractivity contribution >= 4 is 17.0 Å². The largest absolute Gasteiger partial charge is 0.365 e. The number of hydrogen-bond acceptors (Lipinski definition) is 7. The van der Waals surface area contributed by atoms with Crippen molar-refractivity contribution in [3.63, 3.8) is 0 Å². The highest BCUT2D eigenvalue weighted by molar-refractivity contribution is 5.74. The first kappa shape index (κ1) is 15.9. The SMILES string of the molecule is COC(CNc1ccc(-c2nc3[nH]c(=O)[nH]c(=O)c3[nH]2)cn1)OC. The first-order chi connectivity index (χ1) is 11.6. The van der Waals surface area contributed by atoms with Crippen LogP contribution >= 0.6 is 0 Å². The van der Waals surface area contributed by atoms with Crippen molar-refractivity contribution < 1.29 is 9.47 Å². The van der Waals surface area contributed by atoms with Crippen LogP contribution in [0.25, 0.3) is 22.6 Å². The smallest absolute Gasteiger partial charge is 0.327 e. The van der Waals surface area contributed by atoms with Gasteiger partial charge < -0.3 is 19.8 Å². The van der Waals surface area contributed by atoms with Gasteiger partial charge in [0.15, 0.2) is 11.9 Å². The molecule has 4 N–H and O–H groups in total. The number of nitrogens with one attached hydrogen (secondary N) is 4. The minimum atomic E-state index is -0.603. The van der Waals surface area contributed by atoms with E-state index in [1.165, 1.54) is 0 Å². The summed E-state index contributed by atoms with van der Waals surface area (Å²) in [5.74, 6) is 1.07. The van der Waals surface area contributed by atoms with Gasteiger partial charge in [-0.1, -0.05) is 0 Å². The Morgan fingerprint density at radius 3 is 2.62 bits per heavy atom. The second-order valence-electron chi connectivity index (χ2n) is 4.93. The lowest BCUT2D eigenvalue weighted by atomic mass is 10.2. The van der Waals surface area contributed by atoms with Crippen molar-refractivity contribution in [2.45, 2.75) is 6.29 Å². The van der Waals surface area contributed by atoms with E-state index in [9.17, 15) is 9.59 Å². The van der Waals surface area contributed by atoms with Crippen molar-refractivity contribution in [3.8, 4) is 11.4 Å². The molecule has 0 radical (unpaired) electrons. The van der Waals surface area contributed by atoms with Crippen molar-refractivity contribution in [1.29, 1.82) is 0 Å². The van der Waals surface area contributed by atoms with Crippen LogP contribution in [0.3, 0.4) is 0 Å². The third kappa shape index (κ3) is 3.19. The Kier molecular flexibility index (Phi) is 4.40. The number of pyridine rings is 1. The summed E-state index contributed by atoms with van der Waals surface area (Å²) in [6, 6.07) is 3.55. The van der Waals surface area contributed by atoms with Gasteiger partial charge in [-0.3, -0.25) is 14.8 Å². The number of imidazole rings is 1. The molecule has 0 amide bonds. The van der Waals surface area contributed by atoms with Crippen molar-refractivity contribution in [2.75, 3.05) is 26.1 Å². The van der Waals surface area contributed by atoms with Crippen LogP contribution < -0.4 is 16.6 Å². The maximum Gasteiger partial charge on any atom is 0.327 e. The molecule has 0 atom stereocenters.